The zero-order chi connectivity index (χ0) is 24.7. The molecule has 35 heavy (non-hydrogen) atoms. The van der Waals surface area contributed by atoms with Crippen LogP contribution in [0.1, 0.15) is 28.5 Å². The SMILES string of the molecule is Cc1cc2sc(-c3c(C)nc(NCc4nccs4)nc3NC3C[C@H](CO)[C@@H](O)[C@H]3O)nc2c(C)n1. The average molecular weight is 514 g/mol. The predicted molar refractivity (Wildman–Crippen MR) is 137 cm³/mol. The summed E-state index contributed by atoms with van der Waals surface area (Å²) in [5, 5.41) is 40.7. The fourth-order valence-electron chi connectivity index (χ4n) is 4.47. The van der Waals surface area contributed by atoms with Crippen LogP contribution >= 0.6 is 22.7 Å². The summed E-state index contributed by atoms with van der Waals surface area (Å²) in [5.74, 6) is 0.524. The molecule has 0 spiro atoms. The molecular formula is C23H27N7O3S2. The van der Waals surface area contributed by atoms with Gasteiger partial charge in [0.1, 0.15) is 27.5 Å². The Labute approximate surface area is 210 Å². The lowest BCUT2D eigenvalue weighted by Gasteiger charge is -2.21. The quantitative estimate of drug-likeness (QED) is 0.250. The number of nitrogens with zero attached hydrogens (tertiary/aromatic N) is 5. The number of hydrogen-bond donors (Lipinski definition) is 5. The van der Waals surface area contributed by atoms with Gasteiger partial charge in [-0.15, -0.1) is 22.7 Å². The first-order chi connectivity index (χ1) is 16.8. The second-order valence-corrected chi connectivity index (χ2v) is 10.8. The van der Waals surface area contributed by atoms with Crippen LogP contribution in [0.3, 0.4) is 0 Å². The number of aryl methyl sites for hydroxylation is 3. The van der Waals surface area contributed by atoms with Crippen LogP contribution < -0.4 is 10.6 Å². The minimum atomic E-state index is -1.04. The normalized spacial score (nSPS) is 22.1. The third-order valence-corrected chi connectivity index (χ3v) is 8.02. The molecule has 0 saturated heterocycles. The summed E-state index contributed by atoms with van der Waals surface area (Å²) in [6, 6.07) is 1.53. The van der Waals surface area contributed by atoms with Crippen LogP contribution in [-0.2, 0) is 6.54 Å². The van der Waals surface area contributed by atoms with Crippen LogP contribution in [0.4, 0.5) is 11.8 Å². The van der Waals surface area contributed by atoms with Gasteiger partial charge in [-0.1, -0.05) is 0 Å². The highest BCUT2D eigenvalue weighted by Crippen LogP contribution is 2.38. The fourth-order valence-corrected chi connectivity index (χ4v) is 6.23. The Morgan fingerprint density at radius 3 is 2.60 bits per heavy atom. The van der Waals surface area contributed by atoms with Gasteiger partial charge in [0.05, 0.1) is 40.3 Å². The highest BCUT2D eigenvalue weighted by Gasteiger charge is 2.41. The minimum absolute atomic E-state index is 0.198. The molecule has 10 nitrogen and oxygen atoms in total. The van der Waals surface area contributed by atoms with Crippen molar-refractivity contribution in [2.75, 3.05) is 17.2 Å². The number of pyridine rings is 1. The zero-order valence-corrected chi connectivity index (χ0v) is 21.2. The molecule has 1 aliphatic carbocycles. The molecule has 5 rings (SSSR count). The third-order valence-electron chi connectivity index (χ3n) is 6.22. The summed E-state index contributed by atoms with van der Waals surface area (Å²) in [7, 11) is 0. The van der Waals surface area contributed by atoms with Gasteiger partial charge in [0.25, 0.3) is 0 Å². The Morgan fingerprint density at radius 1 is 1.06 bits per heavy atom. The van der Waals surface area contributed by atoms with Gasteiger partial charge >= 0.3 is 0 Å². The molecule has 0 amide bonds. The first-order valence-electron chi connectivity index (χ1n) is 11.3. The van der Waals surface area contributed by atoms with E-state index in [1.807, 2.05) is 32.2 Å². The summed E-state index contributed by atoms with van der Waals surface area (Å²) >= 11 is 3.08. The van der Waals surface area contributed by atoms with Crippen molar-refractivity contribution in [3.63, 3.8) is 0 Å². The molecule has 1 aliphatic rings. The number of hydrogen-bond acceptors (Lipinski definition) is 12. The van der Waals surface area contributed by atoms with E-state index in [2.05, 4.69) is 25.6 Å². The highest BCUT2D eigenvalue weighted by molar-refractivity contribution is 7.21. The summed E-state index contributed by atoms with van der Waals surface area (Å²) in [6.45, 7) is 6.09. The number of thiazole rings is 2. The van der Waals surface area contributed by atoms with Gasteiger partial charge in [0, 0.05) is 29.8 Å². The van der Waals surface area contributed by atoms with E-state index in [0.29, 0.717) is 24.7 Å². The first-order valence-corrected chi connectivity index (χ1v) is 13.0. The zero-order valence-electron chi connectivity index (χ0n) is 19.6. The summed E-state index contributed by atoms with van der Waals surface area (Å²) in [5.41, 5.74) is 4.08. The fraction of sp³-hybridized carbons (Fsp3) is 0.435. The van der Waals surface area contributed by atoms with Gasteiger partial charge in [-0.3, -0.25) is 4.98 Å². The lowest BCUT2D eigenvalue weighted by atomic mass is 10.1. The summed E-state index contributed by atoms with van der Waals surface area (Å²) in [6.07, 6.45) is 0.113. The third kappa shape index (κ3) is 4.71. The number of fused-ring (bicyclic) bond motifs is 1. The maximum absolute atomic E-state index is 10.6. The number of aliphatic hydroxyl groups is 3. The molecule has 0 aromatic carbocycles. The van der Waals surface area contributed by atoms with Gasteiger partial charge in [-0.2, -0.15) is 4.98 Å². The molecule has 1 saturated carbocycles. The lowest BCUT2D eigenvalue weighted by Crippen LogP contribution is -2.35. The smallest absolute Gasteiger partial charge is 0.225 e. The molecule has 0 bridgehead atoms. The standard InChI is InChI=1S/C23H27N7O3S2/c1-10-6-15-18(12(3)26-10)29-22(35-15)17-11(2)27-23(25-8-16-24-4-5-34-16)30-21(17)28-14-7-13(9-31)19(32)20(14)33/h4-6,13-14,19-20,31-33H,7-9H2,1-3H3,(H2,25,27,28,30)/t13-,14?,19-,20+/m1/s1. The Morgan fingerprint density at radius 2 is 1.89 bits per heavy atom. The number of nitrogens with one attached hydrogen (secondary N) is 2. The summed E-state index contributed by atoms with van der Waals surface area (Å²) < 4.78 is 1.03. The first kappa shape index (κ1) is 23.9. The van der Waals surface area contributed by atoms with Crippen molar-refractivity contribution >= 4 is 44.7 Å². The number of anilines is 2. The van der Waals surface area contributed by atoms with Crippen LogP contribution in [-0.4, -0.2) is 65.1 Å². The maximum Gasteiger partial charge on any atom is 0.225 e. The van der Waals surface area contributed by atoms with Crippen LogP contribution in [0.25, 0.3) is 20.8 Å². The number of aromatic nitrogens is 5. The van der Waals surface area contributed by atoms with E-state index in [1.165, 1.54) is 11.3 Å². The molecule has 1 fully saturated rings. The van der Waals surface area contributed by atoms with E-state index < -0.39 is 24.2 Å². The van der Waals surface area contributed by atoms with Gasteiger partial charge < -0.3 is 26.0 Å². The van der Waals surface area contributed by atoms with Crippen molar-refractivity contribution in [2.45, 2.75) is 52.0 Å². The van der Waals surface area contributed by atoms with Gasteiger partial charge in [0.2, 0.25) is 5.95 Å². The van der Waals surface area contributed by atoms with Crippen molar-refractivity contribution in [1.82, 2.24) is 24.9 Å². The second kappa shape index (κ2) is 9.70. The highest BCUT2D eigenvalue weighted by atomic mass is 32.1. The molecule has 184 valence electrons. The molecule has 5 N–H and O–H groups in total. The molecule has 0 radical (unpaired) electrons. The Kier molecular flexibility index (Phi) is 6.64. The van der Waals surface area contributed by atoms with Crippen LogP contribution in [0.2, 0.25) is 0 Å². The van der Waals surface area contributed by atoms with E-state index in [0.717, 1.165) is 42.9 Å². The van der Waals surface area contributed by atoms with Crippen LogP contribution in [0, 0.1) is 26.7 Å². The van der Waals surface area contributed by atoms with E-state index in [-0.39, 0.29) is 6.61 Å². The number of rotatable bonds is 7. The van der Waals surface area contributed by atoms with Gasteiger partial charge in [0.15, 0.2) is 0 Å². The molecule has 4 aromatic heterocycles. The number of aliphatic hydroxyl groups excluding tert-OH is 3. The van der Waals surface area contributed by atoms with E-state index in [9.17, 15) is 15.3 Å². The molecule has 12 heteroatoms. The van der Waals surface area contributed by atoms with Crippen molar-refractivity contribution in [3.8, 4) is 10.6 Å². The lowest BCUT2D eigenvalue weighted by molar-refractivity contribution is 0.00446. The molecule has 1 unspecified atom stereocenters. The Balaban J connectivity index is 1.55. The van der Waals surface area contributed by atoms with Crippen molar-refractivity contribution in [2.24, 2.45) is 5.92 Å². The largest absolute Gasteiger partial charge is 0.396 e. The Hall–Kier alpha value is -2.77. The molecule has 4 atom stereocenters. The molecular weight excluding hydrogens is 486 g/mol. The second-order valence-electron chi connectivity index (χ2n) is 8.76. The topological polar surface area (TPSA) is 149 Å². The molecule has 4 aromatic rings. The van der Waals surface area contributed by atoms with Gasteiger partial charge in [-0.05, 0) is 33.3 Å². The van der Waals surface area contributed by atoms with Crippen molar-refractivity contribution < 1.29 is 15.3 Å². The van der Waals surface area contributed by atoms with E-state index in [1.54, 1.807) is 17.5 Å². The average Bonchev–Trinajstić information content (AvgIpc) is 3.54. The summed E-state index contributed by atoms with van der Waals surface area (Å²) in [4.78, 5) is 23.1. The van der Waals surface area contributed by atoms with Crippen LogP contribution in [0.15, 0.2) is 17.6 Å². The van der Waals surface area contributed by atoms with E-state index in [4.69, 9.17) is 9.97 Å². The van der Waals surface area contributed by atoms with Crippen molar-refractivity contribution in [1.29, 1.82) is 0 Å². The minimum Gasteiger partial charge on any atom is -0.396 e. The van der Waals surface area contributed by atoms with Crippen LogP contribution in [0.5, 0.6) is 0 Å². The predicted octanol–water partition coefficient (Wildman–Crippen LogP) is 2.66. The van der Waals surface area contributed by atoms with Gasteiger partial charge in [-0.25, -0.2) is 15.0 Å². The monoisotopic (exact) mass is 513 g/mol. The molecule has 4 heterocycles. The van der Waals surface area contributed by atoms with Crippen molar-refractivity contribution in [3.05, 3.63) is 39.7 Å². The Bertz CT molecular complexity index is 1340. The van der Waals surface area contributed by atoms with E-state index >= 15 is 0 Å². The molecule has 0 aliphatic heterocycles. The maximum atomic E-state index is 10.6.